The molecule has 4 aromatic rings. The molecule has 1 aromatic heterocycles. The molecule has 0 amide bonds. The van der Waals surface area contributed by atoms with Crippen LogP contribution < -0.4 is 14.8 Å². The largest absolute Gasteiger partial charge is 0.492 e. The minimum Gasteiger partial charge on any atom is -0.492 e. The van der Waals surface area contributed by atoms with Crippen molar-refractivity contribution in [3.63, 3.8) is 0 Å². The number of fused-ring (bicyclic) bond motifs is 1. The van der Waals surface area contributed by atoms with Crippen LogP contribution in [-0.4, -0.2) is 61.0 Å². The lowest BCUT2D eigenvalue weighted by Crippen LogP contribution is -2.42. The van der Waals surface area contributed by atoms with E-state index in [0.29, 0.717) is 38.7 Å². The number of nitrogens with zero attached hydrogens (tertiary/aromatic N) is 3. The van der Waals surface area contributed by atoms with Crippen LogP contribution in [0.15, 0.2) is 79.1 Å². The Kier molecular flexibility index (Phi) is 7.29. The summed E-state index contributed by atoms with van der Waals surface area (Å²) in [5.74, 6) is 2.67. The monoisotopic (exact) mass is 504 g/mol. The Morgan fingerprint density at radius 2 is 1.61 bits per heavy atom. The van der Waals surface area contributed by atoms with Crippen LogP contribution in [0.2, 0.25) is 0 Å². The Labute approximate surface area is 210 Å². The molecule has 5 rings (SSSR count). The molecule has 2 heterocycles. The first kappa shape index (κ1) is 24.0. The fraction of sp³-hybridized carbons (Fsp3) is 0.259. The number of nitrogens with one attached hydrogen (secondary N) is 1. The average molecular weight is 505 g/mol. The summed E-state index contributed by atoms with van der Waals surface area (Å²) in [5.41, 5.74) is 2.79. The lowest BCUT2D eigenvalue weighted by molar-refractivity contribution is 0.220. The van der Waals surface area contributed by atoms with Crippen LogP contribution in [0.25, 0.3) is 10.9 Å². The molecule has 0 aliphatic carbocycles. The summed E-state index contributed by atoms with van der Waals surface area (Å²) in [4.78, 5) is 10.9. The van der Waals surface area contributed by atoms with Crippen molar-refractivity contribution in [1.82, 2.24) is 14.9 Å². The van der Waals surface area contributed by atoms with E-state index in [1.807, 2.05) is 72.8 Å². The van der Waals surface area contributed by atoms with Gasteiger partial charge in [0.25, 0.3) is 0 Å². The highest BCUT2D eigenvalue weighted by atomic mass is 32.2. The van der Waals surface area contributed by atoms with E-state index >= 15 is 0 Å². The molecule has 186 valence electrons. The quantitative estimate of drug-likeness (QED) is 0.365. The molecule has 0 bridgehead atoms. The van der Waals surface area contributed by atoms with E-state index in [0.717, 1.165) is 33.7 Å². The highest BCUT2D eigenvalue weighted by Gasteiger charge is 2.21. The van der Waals surface area contributed by atoms with Crippen molar-refractivity contribution < 1.29 is 17.9 Å². The van der Waals surface area contributed by atoms with E-state index < -0.39 is 9.84 Å². The second-order valence-corrected chi connectivity index (χ2v) is 11.0. The zero-order valence-electron chi connectivity index (χ0n) is 19.8. The zero-order chi connectivity index (χ0) is 24.8. The van der Waals surface area contributed by atoms with Gasteiger partial charge in [-0.15, -0.1) is 0 Å². The number of aromatic nitrogens is 2. The van der Waals surface area contributed by atoms with Gasteiger partial charge >= 0.3 is 0 Å². The van der Waals surface area contributed by atoms with E-state index in [2.05, 4.69) is 20.2 Å². The van der Waals surface area contributed by atoms with E-state index in [4.69, 9.17) is 9.47 Å². The molecule has 3 aromatic carbocycles. The van der Waals surface area contributed by atoms with Crippen LogP contribution in [0, 0.1) is 0 Å². The van der Waals surface area contributed by atoms with Crippen molar-refractivity contribution in [2.24, 2.45) is 0 Å². The van der Waals surface area contributed by atoms with Crippen LogP contribution in [-0.2, 0) is 16.4 Å². The summed E-state index contributed by atoms with van der Waals surface area (Å²) in [7, 11) is -2.87. The highest BCUT2D eigenvalue weighted by molar-refractivity contribution is 7.91. The Hall–Kier alpha value is -3.69. The van der Waals surface area contributed by atoms with Gasteiger partial charge < -0.3 is 14.8 Å². The normalized spacial score (nSPS) is 15.4. The Morgan fingerprint density at radius 1 is 0.861 bits per heavy atom. The molecule has 0 spiro atoms. The first-order valence-corrected chi connectivity index (χ1v) is 13.7. The maximum Gasteiger partial charge on any atom is 0.152 e. The van der Waals surface area contributed by atoms with E-state index in [1.165, 1.54) is 6.33 Å². The summed E-state index contributed by atoms with van der Waals surface area (Å²) < 4.78 is 34.9. The zero-order valence-corrected chi connectivity index (χ0v) is 20.7. The number of sulfone groups is 1. The predicted molar refractivity (Wildman–Crippen MR) is 141 cm³/mol. The van der Waals surface area contributed by atoms with Crippen LogP contribution >= 0.6 is 0 Å². The molecule has 0 atom stereocenters. The van der Waals surface area contributed by atoms with Crippen LogP contribution in [0.3, 0.4) is 0 Å². The van der Waals surface area contributed by atoms with Gasteiger partial charge in [-0.1, -0.05) is 30.3 Å². The van der Waals surface area contributed by atoms with Crippen LogP contribution in [0.1, 0.15) is 5.56 Å². The molecular weight excluding hydrogens is 476 g/mol. The molecule has 1 aliphatic heterocycles. The van der Waals surface area contributed by atoms with Crippen molar-refractivity contribution in [2.75, 3.05) is 43.1 Å². The third-order valence-corrected chi connectivity index (χ3v) is 7.70. The minimum atomic E-state index is -2.87. The standard InChI is InChI=1S/C27H28N4O4S/c32-36(33)16-13-31(14-17-36)12-15-34-24-10-11-25-26(18-24)28-20-29-27(25)30-22-6-8-23(9-7-22)35-19-21-4-2-1-3-5-21/h1-11,18,20H,12-17,19H2,(H,28,29,30). The van der Waals surface area contributed by atoms with Crippen molar-refractivity contribution >= 4 is 32.2 Å². The molecule has 8 nitrogen and oxygen atoms in total. The molecule has 1 fully saturated rings. The molecule has 0 unspecified atom stereocenters. The van der Waals surface area contributed by atoms with E-state index in [-0.39, 0.29) is 11.5 Å². The Bertz CT molecular complexity index is 1400. The predicted octanol–water partition coefficient (Wildman–Crippen LogP) is 4.06. The summed E-state index contributed by atoms with van der Waals surface area (Å²) >= 11 is 0. The van der Waals surface area contributed by atoms with Crippen LogP contribution in [0.4, 0.5) is 11.5 Å². The summed E-state index contributed by atoms with van der Waals surface area (Å²) in [6, 6.07) is 23.6. The second kappa shape index (κ2) is 10.9. The number of benzene rings is 3. The topological polar surface area (TPSA) is 93.7 Å². The SMILES string of the molecule is O=S1(=O)CCN(CCOc2ccc3c(Nc4ccc(OCc5ccccc5)cc4)ncnc3c2)CC1. The number of hydrogen-bond donors (Lipinski definition) is 1. The smallest absolute Gasteiger partial charge is 0.152 e. The molecule has 0 saturated carbocycles. The second-order valence-electron chi connectivity index (χ2n) is 8.67. The van der Waals surface area contributed by atoms with Gasteiger partial charge in [-0.2, -0.15) is 0 Å². The van der Waals surface area contributed by atoms with Gasteiger partial charge in [0, 0.05) is 36.8 Å². The number of anilines is 2. The Balaban J connectivity index is 1.17. The molecule has 1 saturated heterocycles. The van der Waals surface area contributed by atoms with Gasteiger partial charge in [0.2, 0.25) is 0 Å². The fourth-order valence-corrected chi connectivity index (χ4v) is 5.28. The Morgan fingerprint density at radius 3 is 2.39 bits per heavy atom. The van der Waals surface area contributed by atoms with Crippen molar-refractivity contribution in [3.05, 3.63) is 84.7 Å². The molecule has 1 aliphatic rings. The molecule has 1 N–H and O–H groups in total. The van der Waals surface area contributed by atoms with Crippen molar-refractivity contribution in [2.45, 2.75) is 6.61 Å². The molecule has 9 heteroatoms. The summed E-state index contributed by atoms with van der Waals surface area (Å²) in [6.45, 7) is 2.82. The molecule has 0 radical (unpaired) electrons. The third kappa shape index (κ3) is 6.30. The van der Waals surface area contributed by atoms with Gasteiger partial charge in [-0.3, -0.25) is 4.90 Å². The lowest BCUT2D eigenvalue weighted by atomic mass is 10.2. The van der Waals surface area contributed by atoms with Gasteiger partial charge in [0.1, 0.15) is 36.9 Å². The minimum absolute atomic E-state index is 0.221. The fourth-order valence-electron chi connectivity index (χ4n) is 4.00. The summed E-state index contributed by atoms with van der Waals surface area (Å²) in [6.07, 6.45) is 1.53. The maximum atomic E-state index is 11.6. The van der Waals surface area contributed by atoms with Gasteiger partial charge in [0.05, 0.1) is 17.0 Å². The van der Waals surface area contributed by atoms with Gasteiger partial charge in [-0.05, 0) is 42.0 Å². The highest BCUT2D eigenvalue weighted by Crippen LogP contribution is 2.27. The summed E-state index contributed by atoms with van der Waals surface area (Å²) in [5, 5.41) is 4.24. The number of ether oxygens (including phenoxy) is 2. The molecule has 36 heavy (non-hydrogen) atoms. The van der Waals surface area contributed by atoms with Crippen molar-refractivity contribution in [1.29, 1.82) is 0 Å². The average Bonchev–Trinajstić information content (AvgIpc) is 2.90. The van der Waals surface area contributed by atoms with Gasteiger partial charge in [0.15, 0.2) is 9.84 Å². The first-order chi connectivity index (χ1) is 17.5. The van der Waals surface area contributed by atoms with E-state index in [1.54, 1.807) is 0 Å². The molecular formula is C27H28N4O4S. The lowest BCUT2D eigenvalue weighted by Gasteiger charge is -2.26. The third-order valence-electron chi connectivity index (χ3n) is 6.09. The number of hydrogen-bond acceptors (Lipinski definition) is 8. The van der Waals surface area contributed by atoms with Crippen molar-refractivity contribution in [3.8, 4) is 11.5 Å². The maximum absolute atomic E-state index is 11.6. The van der Waals surface area contributed by atoms with Crippen LogP contribution in [0.5, 0.6) is 11.5 Å². The first-order valence-electron chi connectivity index (χ1n) is 11.9. The van der Waals surface area contributed by atoms with E-state index in [9.17, 15) is 8.42 Å². The number of rotatable bonds is 9. The van der Waals surface area contributed by atoms with Gasteiger partial charge in [-0.25, -0.2) is 18.4 Å².